The number of para-hydroxylation sites is 2. The summed E-state index contributed by atoms with van der Waals surface area (Å²) < 4.78 is 2.26. The summed E-state index contributed by atoms with van der Waals surface area (Å²) >= 11 is 0. The maximum Gasteiger partial charge on any atom is 0.0992 e. The van der Waals surface area contributed by atoms with Crippen molar-refractivity contribution in [2.75, 3.05) is 0 Å². The number of hydrogen-bond donors (Lipinski definition) is 0. The highest BCUT2D eigenvalue weighted by Crippen LogP contribution is 2.39. The third-order valence-electron chi connectivity index (χ3n) is 6.33. The van der Waals surface area contributed by atoms with E-state index in [4.69, 9.17) is 0 Å². The molecule has 4 aromatic carbocycles. The maximum atomic E-state index is 9.48. The number of nitriles is 2. The van der Waals surface area contributed by atoms with Gasteiger partial charge in [-0.1, -0.05) is 60.7 Å². The van der Waals surface area contributed by atoms with Gasteiger partial charge in [0.25, 0.3) is 0 Å². The molecule has 0 radical (unpaired) electrons. The van der Waals surface area contributed by atoms with Crippen LogP contribution in [0.3, 0.4) is 0 Å². The van der Waals surface area contributed by atoms with Crippen LogP contribution in [0.5, 0.6) is 0 Å². The van der Waals surface area contributed by atoms with E-state index in [1.54, 1.807) is 12.3 Å². The van der Waals surface area contributed by atoms with Gasteiger partial charge in [0.1, 0.15) is 0 Å². The van der Waals surface area contributed by atoms with Crippen LogP contribution in [-0.2, 0) is 0 Å². The Hall–Kier alpha value is -5.19. The van der Waals surface area contributed by atoms with E-state index >= 15 is 0 Å². The van der Waals surface area contributed by atoms with Crippen molar-refractivity contribution in [2.45, 2.75) is 0 Å². The molecule has 162 valence electrons. The number of fused-ring (bicyclic) bond motifs is 3. The zero-order chi connectivity index (χ0) is 23.8. The first kappa shape index (κ1) is 20.4. The van der Waals surface area contributed by atoms with Gasteiger partial charge in [-0.25, -0.2) is 0 Å². The third kappa shape index (κ3) is 3.33. The molecule has 0 unspecified atom stereocenters. The zero-order valence-corrected chi connectivity index (χ0v) is 18.7. The van der Waals surface area contributed by atoms with Crippen LogP contribution in [0.2, 0.25) is 0 Å². The smallest absolute Gasteiger partial charge is 0.0992 e. The molecule has 4 nitrogen and oxygen atoms in total. The second-order valence-electron chi connectivity index (χ2n) is 8.30. The van der Waals surface area contributed by atoms with Gasteiger partial charge in [-0.2, -0.15) is 10.5 Å². The van der Waals surface area contributed by atoms with E-state index < -0.39 is 0 Å². The highest BCUT2D eigenvalue weighted by molar-refractivity contribution is 6.10. The van der Waals surface area contributed by atoms with Crippen molar-refractivity contribution in [1.29, 1.82) is 10.5 Å². The van der Waals surface area contributed by atoms with Crippen LogP contribution >= 0.6 is 0 Å². The van der Waals surface area contributed by atoms with E-state index in [-0.39, 0.29) is 0 Å². The Morgan fingerprint density at radius 2 is 1.23 bits per heavy atom. The minimum Gasteiger partial charge on any atom is -0.309 e. The molecule has 0 aliphatic rings. The molecule has 6 rings (SSSR count). The minimum atomic E-state index is 0.578. The lowest BCUT2D eigenvalue weighted by Gasteiger charge is -2.16. The summed E-state index contributed by atoms with van der Waals surface area (Å²) in [5.74, 6) is 0. The average molecular weight is 447 g/mol. The molecule has 0 atom stereocenters. The van der Waals surface area contributed by atoms with Gasteiger partial charge >= 0.3 is 0 Å². The average Bonchev–Trinajstić information content (AvgIpc) is 3.26. The molecule has 0 aliphatic heterocycles. The van der Waals surface area contributed by atoms with Gasteiger partial charge in [-0.15, -0.1) is 0 Å². The molecule has 0 N–H and O–H groups in total. The van der Waals surface area contributed by atoms with Crippen molar-refractivity contribution in [3.05, 3.63) is 120 Å². The zero-order valence-electron chi connectivity index (χ0n) is 18.7. The molecular weight excluding hydrogens is 428 g/mol. The summed E-state index contributed by atoms with van der Waals surface area (Å²) in [6.07, 6.45) is 1.68. The Balaban J connectivity index is 1.66. The van der Waals surface area contributed by atoms with E-state index in [1.807, 2.05) is 66.7 Å². The largest absolute Gasteiger partial charge is 0.309 e. The van der Waals surface area contributed by atoms with Crippen molar-refractivity contribution in [1.82, 2.24) is 9.55 Å². The van der Waals surface area contributed by atoms with Crippen LogP contribution in [0, 0.1) is 22.7 Å². The van der Waals surface area contributed by atoms with Crippen LogP contribution in [0.25, 0.3) is 49.9 Å². The molecule has 0 bridgehead atoms. The lowest BCUT2D eigenvalue weighted by Crippen LogP contribution is -1.98. The summed E-state index contributed by atoms with van der Waals surface area (Å²) in [5, 5.41) is 21.0. The lowest BCUT2D eigenvalue weighted by atomic mass is 9.95. The number of benzene rings is 4. The fourth-order valence-corrected chi connectivity index (χ4v) is 4.79. The summed E-state index contributed by atoms with van der Waals surface area (Å²) in [6, 6.07) is 38.6. The fraction of sp³-hybridized carbons (Fsp3) is 0. The highest BCUT2D eigenvalue weighted by Gasteiger charge is 2.17. The SMILES string of the molecule is N#Cc1ccnc(-c2ccccc2-c2ccccc2-n2c3ccccc3c3cc(C#N)ccc32)c1. The molecule has 2 aromatic heterocycles. The van der Waals surface area contributed by atoms with Gasteiger partial charge in [0.15, 0.2) is 0 Å². The van der Waals surface area contributed by atoms with Crippen LogP contribution < -0.4 is 0 Å². The van der Waals surface area contributed by atoms with Crippen molar-refractivity contribution >= 4 is 21.8 Å². The molecule has 0 saturated heterocycles. The number of pyridine rings is 1. The van der Waals surface area contributed by atoms with Crippen LogP contribution in [0.4, 0.5) is 0 Å². The van der Waals surface area contributed by atoms with Crippen molar-refractivity contribution in [2.24, 2.45) is 0 Å². The molecule has 0 fully saturated rings. The van der Waals surface area contributed by atoms with E-state index in [1.165, 1.54) is 0 Å². The van der Waals surface area contributed by atoms with Gasteiger partial charge in [0.2, 0.25) is 0 Å². The van der Waals surface area contributed by atoms with Crippen LogP contribution in [0.15, 0.2) is 109 Å². The van der Waals surface area contributed by atoms with E-state index in [2.05, 4.69) is 52.0 Å². The van der Waals surface area contributed by atoms with Gasteiger partial charge in [-0.3, -0.25) is 4.98 Å². The second-order valence-corrected chi connectivity index (χ2v) is 8.30. The molecule has 35 heavy (non-hydrogen) atoms. The van der Waals surface area contributed by atoms with Gasteiger partial charge in [0.05, 0.1) is 45.7 Å². The Morgan fingerprint density at radius 3 is 2.06 bits per heavy atom. The van der Waals surface area contributed by atoms with E-state index in [0.717, 1.165) is 49.9 Å². The predicted molar refractivity (Wildman–Crippen MR) is 139 cm³/mol. The monoisotopic (exact) mass is 446 g/mol. The van der Waals surface area contributed by atoms with E-state index in [9.17, 15) is 10.5 Å². The molecule has 2 heterocycles. The summed E-state index contributed by atoms with van der Waals surface area (Å²) in [5.41, 5.74) is 8.18. The van der Waals surface area contributed by atoms with Crippen molar-refractivity contribution < 1.29 is 0 Å². The topological polar surface area (TPSA) is 65.4 Å². The van der Waals surface area contributed by atoms with Gasteiger partial charge < -0.3 is 4.57 Å². The number of nitrogens with zero attached hydrogens (tertiary/aromatic N) is 4. The molecule has 0 aliphatic carbocycles. The number of hydrogen-bond acceptors (Lipinski definition) is 3. The lowest BCUT2D eigenvalue weighted by molar-refractivity contribution is 1.18. The Kier molecular flexibility index (Phi) is 4.84. The summed E-state index contributed by atoms with van der Waals surface area (Å²) in [7, 11) is 0. The Bertz CT molecular complexity index is 1830. The normalized spacial score (nSPS) is 10.8. The highest BCUT2D eigenvalue weighted by atomic mass is 15.0. The first-order valence-corrected chi connectivity index (χ1v) is 11.3. The fourth-order valence-electron chi connectivity index (χ4n) is 4.79. The quantitative estimate of drug-likeness (QED) is 0.287. The third-order valence-corrected chi connectivity index (χ3v) is 6.33. The molecule has 0 saturated carbocycles. The van der Waals surface area contributed by atoms with Crippen LogP contribution in [-0.4, -0.2) is 9.55 Å². The predicted octanol–water partition coefficient (Wildman–Crippen LogP) is 7.26. The van der Waals surface area contributed by atoms with Crippen molar-refractivity contribution in [3.63, 3.8) is 0 Å². The Morgan fingerprint density at radius 1 is 0.571 bits per heavy atom. The van der Waals surface area contributed by atoms with Crippen LogP contribution in [0.1, 0.15) is 11.1 Å². The molecule has 0 spiro atoms. The molecular formula is C31H18N4. The summed E-state index contributed by atoms with van der Waals surface area (Å²) in [6.45, 7) is 0. The second kappa shape index (κ2) is 8.30. The van der Waals surface area contributed by atoms with E-state index in [0.29, 0.717) is 11.1 Å². The number of aromatic nitrogens is 2. The molecule has 4 heteroatoms. The standard InChI is InChI=1S/C31H18N4/c32-19-21-13-14-31-27(17-21)26-10-4-6-12-30(26)35(31)29-11-5-3-9-25(29)23-7-1-2-8-24(23)28-18-22(20-33)15-16-34-28/h1-18H. The minimum absolute atomic E-state index is 0.578. The number of rotatable bonds is 3. The first-order chi connectivity index (χ1) is 17.3. The van der Waals surface area contributed by atoms with Crippen molar-refractivity contribution in [3.8, 4) is 40.2 Å². The summed E-state index contributed by atoms with van der Waals surface area (Å²) in [4.78, 5) is 4.57. The van der Waals surface area contributed by atoms with Gasteiger partial charge in [0, 0.05) is 28.1 Å². The first-order valence-electron chi connectivity index (χ1n) is 11.3. The molecule has 0 amide bonds. The molecule has 6 aromatic rings. The van der Waals surface area contributed by atoms with Gasteiger partial charge in [-0.05, 0) is 48.0 Å². The Labute approximate surface area is 202 Å². The maximum absolute atomic E-state index is 9.48.